The molecule has 112 valence electrons. The average molecular weight is 318 g/mol. The summed E-state index contributed by atoms with van der Waals surface area (Å²) in [5, 5.41) is 4.98. The molecule has 20 heavy (non-hydrogen) atoms. The largest absolute Gasteiger partial charge is 0.333 e. The fourth-order valence-electron chi connectivity index (χ4n) is 1.54. The van der Waals surface area contributed by atoms with Gasteiger partial charge in [0.25, 0.3) is 0 Å². The number of amides is 3. The number of rotatable bonds is 4. The first-order chi connectivity index (χ1) is 9.15. The molecule has 7 heteroatoms. The van der Waals surface area contributed by atoms with E-state index in [0.717, 1.165) is 9.21 Å². The van der Waals surface area contributed by atoms with E-state index in [0.29, 0.717) is 6.54 Å². The maximum atomic E-state index is 11.7. The predicted molar refractivity (Wildman–Crippen MR) is 82.1 cm³/mol. The highest BCUT2D eigenvalue weighted by atomic mass is 35.5. The Labute approximate surface area is 128 Å². The van der Waals surface area contributed by atoms with E-state index in [9.17, 15) is 9.59 Å². The number of carbonyl (C=O) groups excluding carboxylic acids is 2. The van der Waals surface area contributed by atoms with Gasteiger partial charge in [-0.15, -0.1) is 11.3 Å². The molecule has 0 aliphatic rings. The van der Waals surface area contributed by atoms with Crippen molar-refractivity contribution in [1.29, 1.82) is 0 Å². The van der Waals surface area contributed by atoms with Crippen LogP contribution in [0, 0.1) is 0 Å². The van der Waals surface area contributed by atoms with E-state index in [1.807, 2.05) is 44.9 Å². The van der Waals surface area contributed by atoms with Crippen LogP contribution in [0.2, 0.25) is 4.34 Å². The van der Waals surface area contributed by atoms with Gasteiger partial charge in [0.1, 0.15) is 0 Å². The lowest BCUT2D eigenvalue weighted by molar-refractivity contribution is -0.120. The van der Waals surface area contributed by atoms with Crippen LogP contribution in [0.5, 0.6) is 0 Å². The van der Waals surface area contributed by atoms with Gasteiger partial charge in [0.2, 0.25) is 5.91 Å². The Morgan fingerprint density at radius 3 is 2.50 bits per heavy atom. The Balaban J connectivity index is 2.36. The molecule has 0 aliphatic carbocycles. The normalized spacial score (nSPS) is 11.5. The number of nitrogens with zero attached hydrogens (tertiary/aromatic N) is 1. The molecular formula is C13H20ClN3O2S. The van der Waals surface area contributed by atoms with Crippen molar-refractivity contribution in [2.24, 2.45) is 0 Å². The summed E-state index contributed by atoms with van der Waals surface area (Å²) < 4.78 is 0.724. The standard InChI is InChI=1S/C13H20ClN3O2S/c1-13(2,3)16-12(19)15-11(18)8-17(4)7-9-5-6-10(14)20-9/h5-6H,7-8H2,1-4H3,(H2,15,16,18,19). The smallest absolute Gasteiger partial charge is 0.321 e. The van der Waals surface area contributed by atoms with E-state index >= 15 is 0 Å². The molecule has 2 N–H and O–H groups in total. The van der Waals surface area contributed by atoms with E-state index in [1.54, 1.807) is 0 Å². The predicted octanol–water partition coefficient (Wildman–Crippen LogP) is 2.46. The van der Waals surface area contributed by atoms with Crippen LogP contribution in [0.3, 0.4) is 0 Å². The van der Waals surface area contributed by atoms with Gasteiger partial charge in [-0.05, 0) is 40.0 Å². The topological polar surface area (TPSA) is 61.4 Å². The number of hydrogen-bond donors (Lipinski definition) is 2. The molecule has 0 bridgehead atoms. The molecule has 0 aromatic carbocycles. The van der Waals surface area contributed by atoms with Crippen LogP contribution in [0.4, 0.5) is 4.79 Å². The molecule has 1 aromatic rings. The number of hydrogen-bond acceptors (Lipinski definition) is 4. The number of nitrogens with one attached hydrogen (secondary N) is 2. The summed E-state index contributed by atoms with van der Waals surface area (Å²) in [7, 11) is 1.81. The van der Waals surface area contributed by atoms with Crippen molar-refractivity contribution < 1.29 is 9.59 Å². The Morgan fingerprint density at radius 1 is 1.35 bits per heavy atom. The SMILES string of the molecule is CN(CC(=O)NC(=O)NC(C)(C)C)Cc1ccc(Cl)s1. The maximum Gasteiger partial charge on any atom is 0.321 e. The number of halogens is 1. The van der Waals surface area contributed by atoms with Gasteiger partial charge in [-0.1, -0.05) is 11.6 Å². The third-order valence-electron chi connectivity index (χ3n) is 2.21. The van der Waals surface area contributed by atoms with E-state index in [-0.39, 0.29) is 18.0 Å². The molecule has 3 amide bonds. The summed E-state index contributed by atoms with van der Waals surface area (Å²) in [5.74, 6) is -0.336. The molecule has 5 nitrogen and oxygen atoms in total. The number of urea groups is 1. The summed E-state index contributed by atoms with van der Waals surface area (Å²) in [4.78, 5) is 26.1. The third-order valence-corrected chi connectivity index (χ3v) is 3.43. The lowest BCUT2D eigenvalue weighted by Gasteiger charge is -2.21. The molecule has 0 radical (unpaired) electrons. The van der Waals surface area contributed by atoms with Gasteiger partial charge in [0.05, 0.1) is 10.9 Å². The molecule has 0 spiro atoms. The lowest BCUT2D eigenvalue weighted by Crippen LogP contribution is -2.50. The first-order valence-corrected chi connectivity index (χ1v) is 7.40. The van der Waals surface area contributed by atoms with Crippen LogP contribution in [0.15, 0.2) is 12.1 Å². The summed E-state index contributed by atoms with van der Waals surface area (Å²) in [5.41, 5.74) is -0.371. The minimum absolute atomic E-state index is 0.146. The van der Waals surface area contributed by atoms with Gasteiger partial charge in [0.15, 0.2) is 0 Å². The van der Waals surface area contributed by atoms with Crippen molar-refractivity contribution in [2.45, 2.75) is 32.9 Å². The van der Waals surface area contributed by atoms with Gasteiger partial charge < -0.3 is 5.32 Å². The Morgan fingerprint density at radius 2 is 2.00 bits per heavy atom. The van der Waals surface area contributed by atoms with Crippen molar-refractivity contribution in [3.8, 4) is 0 Å². The van der Waals surface area contributed by atoms with E-state index in [4.69, 9.17) is 11.6 Å². The Hall–Kier alpha value is -1.11. The number of carbonyl (C=O) groups is 2. The van der Waals surface area contributed by atoms with Crippen molar-refractivity contribution in [3.05, 3.63) is 21.3 Å². The van der Waals surface area contributed by atoms with Crippen molar-refractivity contribution in [3.63, 3.8) is 0 Å². The molecular weight excluding hydrogens is 298 g/mol. The summed E-state index contributed by atoms with van der Waals surface area (Å²) >= 11 is 7.33. The second-order valence-electron chi connectivity index (χ2n) is 5.63. The van der Waals surface area contributed by atoms with E-state index in [2.05, 4.69) is 10.6 Å². The van der Waals surface area contributed by atoms with Crippen molar-refractivity contribution in [2.75, 3.05) is 13.6 Å². The van der Waals surface area contributed by atoms with Crippen LogP contribution in [-0.2, 0) is 11.3 Å². The molecule has 1 heterocycles. The van der Waals surface area contributed by atoms with Crippen molar-refractivity contribution >= 4 is 34.9 Å². The minimum atomic E-state index is -0.477. The zero-order chi connectivity index (χ0) is 15.3. The van der Waals surface area contributed by atoms with Crippen LogP contribution in [0.1, 0.15) is 25.6 Å². The molecule has 1 rings (SSSR count). The summed E-state index contributed by atoms with van der Waals surface area (Å²) in [6, 6.07) is 3.27. The molecule has 0 unspecified atom stereocenters. The zero-order valence-corrected chi connectivity index (χ0v) is 13.7. The molecule has 1 aromatic heterocycles. The minimum Gasteiger partial charge on any atom is -0.333 e. The monoisotopic (exact) mass is 317 g/mol. The highest BCUT2D eigenvalue weighted by molar-refractivity contribution is 7.16. The molecule has 0 atom stereocenters. The number of thiophene rings is 1. The lowest BCUT2D eigenvalue weighted by atomic mass is 10.1. The second kappa shape index (κ2) is 7.06. The van der Waals surface area contributed by atoms with E-state index in [1.165, 1.54) is 11.3 Å². The van der Waals surface area contributed by atoms with Gasteiger partial charge in [-0.25, -0.2) is 4.79 Å². The zero-order valence-electron chi connectivity index (χ0n) is 12.1. The highest BCUT2D eigenvalue weighted by Gasteiger charge is 2.16. The fourth-order valence-corrected chi connectivity index (χ4v) is 2.71. The molecule has 0 fully saturated rings. The number of likely N-dealkylation sites (N-methyl/N-ethyl adjacent to an activating group) is 1. The summed E-state index contributed by atoms with van der Waals surface area (Å²) in [6.07, 6.45) is 0. The second-order valence-corrected chi connectivity index (χ2v) is 7.43. The highest BCUT2D eigenvalue weighted by Crippen LogP contribution is 2.22. The maximum absolute atomic E-state index is 11.7. The molecule has 0 saturated carbocycles. The van der Waals surface area contributed by atoms with Crippen LogP contribution < -0.4 is 10.6 Å². The summed E-state index contributed by atoms with van der Waals surface area (Å²) in [6.45, 7) is 6.32. The van der Waals surface area contributed by atoms with Crippen LogP contribution in [0.25, 0.3) is 0 Å². The van der Waals surface area contributed by atoms with Crippen LogP contribution >= 0.6 is 22.9 Å². The van der Waals surface area contributed by atoms with Gasteiger partial charge in [0, 0.05) is 17.0 Å². The average Bonchev–Trinajstić information content (AvgIpc) is 2.59. The van der Waals surface area contributed by atoms with Crippen molar-refractivity contribution in [1.82, 2.24) is 15.5 Å². The Kier molecular flexibility index (Phi) is 5.98. The van der Waals surface area contributed by atoms with Crippen LogP contribution in [-0.4, -0.2) is 36.0 Å². The third kappa shape index (κ3) is 6.88. The van der Waals surface area contributed by atoms with Gasteiger partial charge >= 0.3 is 6.03 Å². The van der Waals surface area contributed by atoms with E-state index < -0.39 is 6.03 Å². The first-order valence-electron chi connectivity index (χ1n) is 6.20. The number of imide groups is 1. The fraction of sp³-hybridized carbons (Fsp3) is 0.538. The van der Waals surface area contributed by atoms with Gasteiger partial charge in [-0.3, -0.25) is 15.0 Å². The quantitative estimate of drug-likeness (QED) is 0.896. The van der Waals surface area contributed by atoms with Gasteiger partial charge in [-0.2, -0.15) is 0 Å². The Bertz CT molecular complexity index is 482. The first kappa shape index (κ1) is 16.9. The molecule has 0 saturated heterocycles. The molecule has 0 aliphatic heterocycles.